The fraction of sp³-hybridized carbons (Fsp3) is 0.571. The number of nitrogens with zero attached hydrogens (tertiary/aromatic N) is 1. The Morgan fingerprint density at radius 1 is 1.70 bits per heavy atom. The molecule has 1 amide bonds. The highest BCUT2D eigenvalue weighted by atomic mass is 16.1. The van der Waals surface area contributed by atoms with Crippen molar-refractivity contribution in [2.75, 3.05) is 13.1 Å². The van der Waals surface area contributed by atoms with Gasteiger partial charge in [0.2, 0.25) is 5.91 Å². The molecule has 10 heavy (non-hydrogen) atoms. The maximum atomic E-state index is 10.3. The standard InChI is InChI=1S/C7H12N2O/c8-7(10)3-6-9-4-1-2-5-9/h1,4H,2-3,5-6H2,(H2,8,10). The lowest BCUT2D eigenvalue weighted by molar-refractivity contribution is -0.118. The van der Waals surface area contributed by atoms with Gasteiger partial charge in [-0.25, -0.2) is 0 Å². The van der Waals surface area contributed by atoms with Crippen molar-refractivity contribution < 1.29 is 4.79 Å². The first-order chi connectivity index (χ1) is 4.79. The maximum absolute atomic E-state index is 10.3. The minimum absolute atomic E-state index is 0.222. The predicted molar refractivity (Wildman–Crippen MR) is 39.1 cm³/mol. The SMILES string of the molecule is NC(=O)CCN1C=CCC1. The van der Waals surface area contributed by atoms with Crippen LogP contribution in [0.4, 0.5) is 0 Å². The Morgan fingerprint density at radius 2 is 2.50 bits per heavy atom. The third-order valence-corrected chi connectivity index (χ3v) is 1.54. The van der Waals surface area contributed by atoms with Crippen molar-refractivity contribution in [3.05, 3.63) is 12.3 Å². The smallest absolute Gasteiger partial charge is 0.219 e. The van der Waals surface area contributed by atoms with Gasteiger partial charge in [-0.1, -0.05) is 6.08 Å². The molecular weight excluding hydrogens is 128 g/mol. The van der Waals surface area contributed by atoms with Crippen LogP contribution in [0.5, 0.6) is 0 Å². The molecule has 0 fully saturated rings. The molecule has 0 radical (unpaired) electrons. The molecule has 0 aromatic carbocycles. The third kappa shape index (κ3) is 2.09. The van der Waals surface area contributed by atoms with Crippen LogP contribution in [0, 0.1) is 0 Å². The fourth-order valence-corrected chi connectivity index (χ4v) is 0.979. The second kappa shape index (κ2) is 3.25. The van der Waals surface area contributed by atoms with E-state index >= 15 is 0 Å². The molecule has 0 aromatic heterocycles. The van der Waals surface area contributed by atoms with Gasteiger partial charge >= 0.3 is 0 Å². The van der Waals surface area contributed by atoms with Crippen molar-refractivity contribution in [2.24, 2.45) is 5.73 Å². The first-order valence-electron chi connectivity index (χ1n) is 3.48. The van der Waals surface area contributed by atoms with Crippen LogP contribution in [0.2, 0.25) is 0 Å². The monoisotopic (exact) mass is 140 g/mol. The van der Waals surface area contributed by atoms with Crippen LogP contribution < -0.4 is 5.73 Å². The molecule has 0 atom stereocenters. The van der Waals surface area contributed by atoms with Crippen molar-refractivity contribution in [3.63, 3.8) is 0 Å². The molecule has 1 aliphatic rings. The molecule has 2 N–H and O–H groups in total. The Balaban J connectivity index is 2.13. The number of hydrogen-bond acceptors (Lipinski definition) is 2. The lowest BCUT2D eigenvalue weighted by atomic mass is 10.4. The highest BCUT2D eigenvalue weighted by Gasteiger charge is 2.04. The molecule has 3 nitrogen and oxygen atoms in total. The molecule has 0 aromatic rings. The number of amides is 1. The summed E-state index contributed by atoms with van der Waals surface area (Å²) in [4.78, 5) is 12.4. The zero-order chi connectivity index (χ0) is 7.40. The van der Waals surface area contributed by atoms with E-state index in [2.05, 4.69) is 11.0 Å². The van der Waals surface area contributed by atoms with E-state index in [4.69, 9.17) is 5.73 Å². The van der Waals surface area contributed by atoms with E-state index < -0.39 is 0 Å². The summed E-state index contributed by atoms with van der Waals surface area (Å²) in [5, 5.41) is 0. The second-order valence-electron chi connectivity index (χ2n) is 2.43. The normalized spacial score (nSPS) is 16.2. The van der Waals surface area contributed by atoms with E-state index in [-0.39, 0.29) is 5.91 Å². The molecule has 0 saturated carbocycles. The van der Waals surface area contributed by atoms with Gasteiger partial charge in [0.1, 0.15) is 0 Å². The second-order valence-corrected chi connectivity index (χ2v) is 2.43. The Bertz CT molecular complexity index is 154. The van der Waals surface area contributed by atoms with Crippen molar-refractivity contribution in [1.29, 1.82) is 0 Å². The lowest BCUT2D eigenvalue weighted by Gasteiger charge is -2.12. The van der Waals surface area contributed by atoms with Gasteiger partial charge in [-0.05, 0) is 12.6 Å². The van der Waals surface area contributed by atoms with Gasteiger partial charge in [-0.3, -0.25) is 4.79 Å². The molecular formula is C7H12N2O. The molecule has 0 aliphatic carbocycles. The molecule has 1 heterocycles. The van der Waals surface area contributed by atoms with E-state index in [9.17, 15) is 4.79 Å². The Kier molecular flexibility index (Phi) is 2.31. The van der Waals surface area contributed by atoms with Gasteiger partial charge in [0.25, 0.3) is 0 Å². The number of primary amides is 1. The van der Waals surface area contributed by atoms with Crippen molar-refractivity contribution >= 4 is 5.91 Å². The number of carbonyl (C=O) groups is 1. The summed E-state index contributed by atoms with van der Waals surface area (Å²) in [5.74, 6) is -0.222. The summed E-state index contributed by atoms with van der Waals surface area (Å²) >= 11 is 0. The van der Waals surface area contributed by atoms with E-state index in [0.29, 0.717) is 6.42 Å². The minimum Gasteiger partial charge on any atom is -0.377 e. The largest absolute Gasteiger partial charge is 0.377 e. The van der Waals surface area contributed by atoms with Crippen LogP contribution >= 0.6 is 0 Å². The van der Waals surface area contributed by atoms with Crippen molar-refractivity contribution in [3.8, 4) is 0 Å². The Morgan fingerprint density at radius 3 is 3.00 bits per heavy atom. The maximum Gasteiger partial charge on any atom is 0.219 e. The molecule has 56 valence electrons. The average Bonchev–Trinajstić information content (AvgIpc) is 2.34. The summed E-state index contributed by atoms with van der Waals surface area (Å²) in [5.41, 5.74) is 4.98. The van der Waals surface area contributed by atoms with Gasteiger partial charge in [-0.2, -0.15) is 0 Å². The van der Waals surface area contributed by atoms with Crippen LogP contribution in [0.15, 0.2) is 12.3 Å². The molecule has 0 unspecified atom stereocenters. The lowest BCUT2D eigenvalue weighted by Crippen LogP contribution is -2.22. The van der Waals surface area contributed by atoms with Crippen LogP contribution in [0.1, 0.15) is 12.8 Å². The van der Waals surface area contributed by atoms with Crippen LogP contribution in [0.25, 0.3) is 0 Å². The molecule has 3 heteroatoms. The van der Waals surface area contributed by atoms with E-state index in [1.807, 2.05) is 6.20 Å². The number of rotatable bonds is 3. The van der Waals surface area contributed by atoms with Crippen molar-refractivity contribution in [1.82, 2.24) is 4.90 Å². The Labute approximate surface area is 60.5 Å². The van der Waals surface area contributed by atoms with Gasteiger partial charge in [0.15, 0.2) is 0 Å². The summed E-state index contributed by atoms with van der Waals surface area (Å²) in [7, 11) is 0. The fourth-order valence-electron chi connectivity index (χ4n) is 0.979. The summed E-state index contributed by atoms with van der Waals surface area (Å²) in [6.45, 7) is 1.80. The number of hydrogen-bond donors (Lipinski definition) is 1. The zero-order valence-electron chi connectivity index (χ0n) is 5.92. The summed E-state index contributed by atoms with van der Waals surface area (Å²) in [6, 6.07) is 0. The summed E-state index contributed by atoms with van der Waals surface area (Å²) < 4.78 is 0. The Hall–Kier alpha value is -0.990. The molecule has 1 aliphatic heterocycles. The molecule has 1 rings (SSSR count). The van der Waals surface area contributed by atoms with Gasteiger partial charge in [0, 0.05) is 19.5 Å². The first kappa shape index (κ1) is 7.12. The van der Waals surface area contributed by atoms with E-state index in [0.717, 1.165) is 19.5 Å². The molecule has 0 spiro atoms. The minimum atomic E-state index is -0.222. The molecule has 0 saturated heterocycles. The highest BCUT2D eigenvalue weighted by molar-refractivity contribution is 5.73. The number of nitrogens with two attached hydrogens (primary N) is 1. The summed E-state index contributed by atoms with van der Waals surface area (Å²) in [6.07, 6.45) is 5.67. The van der Waals surface area contributed by atoms with Crippen LogP contribution in [-0.4, -0.2) is 23.9 Å². The predicted octanol–water partition coefficient (Wildman–Crippen LogP) is 0.0812. The zero-order valence-corrected chi connectivity index (χ0v) is 5.92. The third-order valence-electron chi connectivity index (χ3n) is 1.54. The molecule has 0 bridgehead atoms. The van der Waals surface area contributed by atoms with Gasteiger partial charge in [0.05, 0.1) is 0 Å². The first-order valence-corrected chi connectivity index (χ1v) is 3.48. The topological polar surface area (TPSA) is 46.3 Å². The van der Waals surface area contributed by atoms with Gasteiger partial charge in [-0.15, -0.1) is 0 Å². The average molecular weight is 140 g/mol. The highest BCUT2D eigenvalue weighted by Crippen LogP contribution is 2.03. The van der Waals surface area contributed by atoms with Crippen molar-refractivity contribution in [2.45, 2.75) is 12.8 Å². The quantitative estimate of drug-likeness (QED) is 0.603. The van der Waals surface area contributed by atoms with Gasteiger partial charge < -0.3 is 10.6 Å². The van der Waals surface area contributed by atoms with E-state index in [1.165, 1.54) is 0 Å². The van der Waals surface area contributed by atoms with E-state index in [1.54, 1.807) is 0 Å². The van der Waals surface area contributed by atoms with Crippen LogP contribution in [0.3, 0.4) is 0 Å². The van der Waals surface area contributed by atoms with Crippen LogP contribution in [-0.2, 0) is 4.79 Å². The number of carbonyl (C=O) groups excluding carboxylic acids is 1.